The van der Waals surface area contributed by atoms with Crippen LogP contribution in [0, 0.1) is 3.57 Å². The van der Waals surface area contributed by atoms with Crippen molar-refractivity contribution >= 4 is 62.3 Å². The van der Waals surface area contributed by atoms with Crippen molar-refractivity contribution in [2.45, 2.75) is 6.61 Å². The number of aromatic nitrogens is 2. The molecule has 0 radical (unpaired) electrons. The highest BCUT2D eigenvalue weighted by Gasteiger charge is 2.16. The van der Waals surface area contributed by atoms with E-state index in [9.17, 15) is 4.79 Å². The number of nitrogens with zero attached hydrogens (tertiary/aromatic N) is 3. The summed E-state index contributed by atoms with van der Waals surface area (Å²) in [4.78, 5) is 18.2. The quantitative estimate of drug-likeness (QED) is 0.141. The Bertz CT molecular complexity index is 1840. The van der Waals surface area contributed by atoms with Crippen molar-refractivity contribution in [3.05, 3.63) is 127 Å². The third-order valence-electron chi connectivity index (χ3n) is 5.99. The molecule has 0 amide bonds. The average molecular weight is 632 g/mol. The van der Waals surface area contributed by atoms with Crippen LogP contribution in [0.4, 0.5) is 0 Å². The summed E-state index contributed by atoms with van der Waals surface area (Å²) in [6, 6.07) is 30.0. The van der Waals surface area contributed by atoms with Crippen molar-refractivity contribution < 1.29 is 9.15 Å². The summed E-state index contributed by atoms with van der Waals surface area (Å²) in [7, 11) is 0. The standard InChI is InChI=1S/C30H19ClIN3O3/c31-22-12-9-19(10-13-22)18-37-27-14-11-20(15-24(27)32)17-33-35-29(28-16-21-5-1-4-8-26(21)38-28)34-25-7-3-2-6-23(25)30(35)36/h1-17H,18H2. The first kappa shape index (κ1) is 24.4. The fourth-order valence-corrected chi connectivity index (χ4v) is 4.88. The molecular weight excluding hydrogens is 613 g/mol. The maximum Gasteiger partial charge on any atom is 0.282 e. The summed E-state index contributed by atoms with van der Waals surface area (Å²) in [6.45, 7) is 0.430. The van der Waals surface area contributed by atoms with E-state index in [1.165, 1.54) is 4.68 Å². The summed E-state index contributed by atoms with van der Waals surface area (Å²) in [5, 5.41) is 6.63. The summed E-state index contributed by atoms with van der Waals surface area (Å²) in [5.41, 5.74) is 2.85. The molecule has 6 rings (SSSR count). The Morgan fingerprint density at radius 1 is 0.974 bits per heavy atom. The zero-order valence-corrected chi connectivity index (χ0v) is 22.8. The molecule has 38 heavy (non-hydrogen) atoms. The zero-order chi connectivity index (χ0) is 26.1. The van der Waals surface area contributed by atoms with Crippen molar-refractivity contribution in [3.8, 4) is 17.3 Å². The van der Waals surface area contributed by atoms with Crippen LogP contribution in [-0.2, 0) is 6.61 Å². The van der Waals surface area contributed by atoms with Gasteiger partial charge < -0.3 is 9.15 Å². The van der Waals surface area contributed by atoms with Crippen molar-refractivity contribution in [2.75, 3.05) is 0 Å². The second-order valence-electron chi connectivity index (χ2n) is 8.57. The molecule has 4 aromatic carbocycles. The Morgan fingerprint density at radius 3 is 2.58 bits per heavy atom. The lowest BCUT2D eigenvalue weighted by atomic mass is 10.2. The van der Waals surface area contributed by atoms with Gasteiger partial charge in [-0.15, -0.1) is 0 Å². The van der Waals surface area contributed by atoms with Gasteiger partial charge in [-0.25, -0.2) is 4.98 Å². The topological polar surface area (TPSA) is 69.6 Å². The molecule has 0 saturated heterocycles. The minimum absolute atomic E-state index is 0.278. The lowest BCUT2D eigenvalue weighted by Crippen LogP contribution is -2.20. The minimum atomic E-state index is -0.278. The third kappa shape index (κ3) is 4.94. The van der Waals surface area contributed by atoms with Crippen LogP contribution in [0.1, 0.15) is 11.1 Å². The normalized spacial score (nSPS) is 11.5. The summed E-state index contributed by atoms with van der Waals surface area (Å²) in [5.74, 6) is 1.55. The van der Waals surface area contributed by atoms with Gasteiger partial charge in [-0.2, -0.15) is 9.78 Å². The number of benzene rings is 4. The molecule has 0 bridgehead atoms. The number of rotatable bonds is 6. The van der Waals surface area contributed by atoms with Gasteiger partial charge in [0.1, 0.15) is 17.9 Å². The van der Waals surface area contributed by atoms with E-state index in [2.05, 4.69) is 27.7 Å². The Hall–Kier alpha value is -3.95. The molecule has 0 N–H and O–H groups in total. The fourth-order valence-electron chi connectivity index (χ4n) is 4.06. The van der Waals surface area contributed by atoms with E-state index in [-0.39, 0.29) is 5.56 Å². The number of para-hydroxylation sites is 2. The maximum atomic E-state index is 13.5. The van der Waals surface area contributed by atoms with Crippen molar-refractivity contribution in [2.24, 2.45) is 5.10 Å². The number of halogens is 2. The molecule has 6 aromatic rings. The first-order valence-corrected chi connectivity index (χ1v) is 13.2. The number of furan rings is 1. The van der Waals surface area contributed by atoms with Crippen LogP contribution in [0.2, 0.25) is 5.02 Å². The lowest BCUT2D eigenvalue weighted by molar-refractivity contribution is 0.304. The monoisotopic (exact) mass is 631 g/mol. The molecule has 0 unspecified atom stereocenters. The van der Waals surface area contributed by atoms with Gasteiger partial charge in [0.15, 0.2) is 5.76 Å². The van der Waals surface area contributed by atoms with Crippen molar-refractivity contribution in [1.82, 2.24) is 9.66 Å². The van der Waals surface area contributed by atoms with Crippen molar-refractivity contribution in [3.63, 3.8) is 0 Å². The predicted octanol–water partition coefficient (Wildman–Crippen LogP) is 7.53. The van der Waals surface area contributed by atoms with E-state index >= 15 is 0 Å². The first-order chi connectivity index (χ1) is 18.5. The number of hydrogen-bond acceptors (Lipinski definition) is 5. The highest BCUT2D eigenvalue weighted by Crippen LogP contribution is 2.27. The molecular formula is C30H19ClIN3O3. The fraction of sp³-hybridized carbons (Fsp3) is 0.0333. The maximum absolute atomic E-state index is 13.5. The van der Waals surface area contributed by atoms with Gasteiger partial charge in [-0.1, -0.05) is 54.1 Å². The smallest absolute Gasteiger partial charge is 0.282 e. The van der Waals surface area contributed by atoms with Crippen LogP contribution in [0.3, 0.4) is 0 Å². The molecule has 0 spiro atoms. The Morgan fingerprint density at radius 2 is 1.76 bits per heavy atom. The van der Waals surface area contributed by atoms with Crippen LogP contribution >= 0.6 is 34.2 Å². The first-order valence-electron chi connectivity index (χ1n) is 11.8. The van der Waals surface area contributed by atoms with Gasteiger partial charge in [-0.05, 0) is 88.3 Å². The molecule has 186 valence electrons. The van der Waals surface area contributed by atoms with Gasteiger partial charge >= 0.3 is 0 Å². The largest absolute Gasteiger partial charge is 0.488 e. The molecule has 6 nitrogen and oxygen atoms in total. The van der Waals surface area contributed by atoms with Gasteiger partial charge in [-0.3, -0.25) is 4.79 Å². The average Bonchev–Trinajstić information content (AvgIpc) is 3.37. The third-order valence-corrected chi connectivity index (χ3v) is 7.08. The van der Waals surface area contributed by atoms with Gasteiger partial charge in [0, 0.05) is 10.4 Å². The molecule has 0 aliphatic rings. The molecule has 0 aliphatic carbocycles. The Labute approximate surface area is 236 Å². The summed E-state index contributed by atoms with van der Waals surface area (Å²) >= 11 is 8.19. The SMILES string of the molecule is O=c1c2ccccc2nc(-c2cc3ccccc3o2)n1N=Cc1ccc(OCc2ccc(Cl)cc2)c(I)c1. The van der Waals surface area contributed by atoms with E-state index in [0.717, 1.165) is 25.8 Å². The highest BCUT2D eigenvalue weighted by atomic mass is 127. The second kappa shape index (κ2) is 10.4. The second-order valence-corrected chi connectivity index (χ2v) is 10.2. The van der Waals surface area contributed by atoms with Crippen LogP contribution in [0.5, 0.6) is 5.75 Å². The van der Waals surface area contributed by atoms with E-state index in [1.807, 2.05) is 91.0 Å². The Balaban J connectivity index is 1.34. The van der Waals surface area contributed by atoms with Crippen LogP contribution < -0.4 is 10.3 Å². The molecule has 2 heterocycles. The summed E-state index contributed by atoms with van der Waals surface area (Å²) in [6.07, 6.45) is 1.63. The molecule has 0 atom stereocenters. The molecule has 8 heteroatoms. The van der Waals surface area contributed by atoms with Gasteiger partial charge in [0.25, 0.3) is 5.56 Å². The van der Waals surface area contributed by atoms with Crippen LogP contribution in [0.15, 0.2) is 111 Å². The van der Waals surface area contributed by atoms with E-state index in [1.54, 1.807) is 12.3 Å². The number of ether oxygens (including phenoxy) is 1. The van der Waals surface area contributed by atoms with E-state index < -0.39 is 0 Å². The van der Waals surface area contributed by atoms with Gasteiger partial charge in [0.2, 0.25) is 5.82 Å². The molecule has 0 fully saturated rings. The van der Waals surface area contributed by atoms with Gasteiger partial charge in [0.05, 0.1) is 20.7 Å². The number of fused-ring (bicyclic) bond motifs is 2. The lowest BCUT2D eigenvalue weighted by Gasteiger charge is -2.09. The predicted molar refractivity (Wildman–Crippen MR) is 159 cm³/mol. The van der Waals surface area contributed by atoms with Crippen molar-refractivity contribution in [1.29, 1.82) is 0 Å². The summed E-state index contributed by atoms with van der Waals surface area (Å²) < 4.78 is 14.2. The van der Waals surface area contributed by atoms with Crippen LogP contribution in [0.25, 0.3) is 33.5 Å². The minimum Gasteiger partial charge on any atom is -0.488 e. The Kier molecular flexibility index (Phi) is 6.70. The molecule has 0 aliphatic heterocycles. The van der Waals surface area contributed by atoms with Crippen LogP contribution in [-0.4, -0.2) is 15.9 Å². The molecule has 2 aromatic heterocycles. The zero-order valence-electron chi connectivity index (χ0n) is 19.8. The van der Waals surface area contributed by atoms with E-state index in [0.29, 0.717) is 39.7 Å². The van der Waals surface area contributed by atoms with E-state index in [4.69, 9.17) is 25.7 Å². The number of hydrogen-bond donors (Lipinski definition) is 0. The highest BCUT2D eigenvalue weighted by molar-refractivity contribution is 14.1. The molecule has 0 saturated carbocycles.